The SMILES string of the molecule is O=C(O)c1cc2ccc3[nH]c(C(=O)O)cc(C(=O)O)c3c2n1. The van der Waals surface area contributed by atoms with E-state index in [1.807, 2.05) is 0 Å². The fourth-order valence-corrected chi connectivity index (χ4v) is 2.31. The lowest BCUT2D eigenvalue weighted by atomic mass is 10.0. The zero-order valence-corrected chi connectivity index (χ0v) is 10.8. The van der Waals surface area contributed by atoms with E-state index in [4.69, 9.17) is 10.2 Å². The van der Waals surface area contributed by atoms with Crippen LogP contribution in [0.3, 0.4) is 0 Å². The summed E-state index contributed by atoms with van der Waals surface area (Å²) < 4.78 is 0. The maximum absolute atomic E-state index is 11.4. The van der Waals surface area contributed by atoms with E-state index in [9.17, 15) is 19.5 Å². The molecule has 2 aromatic heterocycles. The second-order valence-electron chi connectivity index (χ2n) is 4.58. The number of nitrogens with zero attached hydrogens (tertiary/aromatic N) is 1. The molecule has 0 spiro atoms. The summed E-state index contributed by atoms with van der Waals surface area (Å²) in [6.45, 7) is 0. The molecule has 0 atom stereocenters. The van der Waals surface area contributed by atoms with Gasteiger partial charge in [0.1, 0.15) is 11.4 Å². The molecule has 8 heteroatoms. The molecule has 0 unspecified atom stereocenters. The third-order valence-electron chi connectivity index (χ3n) is 3.24. The van der Waals surface area contributed by atoms with E-state index >= 15 is 0 Å². The minimum atomic E-state index is -1.33. The van der Waals surface area contributed by atoms with Crippen molar-refractivity contribution in [2.24, 2.45) is 0 Å². The summed E-state index contributed by atoms with van der Waals surface area (Å²) in [5.41, 5.74) is -0.303. The summed E-state index contributed by atoms with van der Waals surface area (Å²) >= 11 is 0. The molecule has 0 saturated carbocycles. The summed E-state index contributed by atoms with van der Waals surface area (Å²) in [7, 11) is 0. The van der Waals surface area contributed by atoms with Gasteiger partial charge in [0, 0.05) is 16.3 Å². The Morgan fingerprint density at radius 3 is 2.27 bits per heavy atom. The average molecular weight is 300 g/mol. The highest BCUT2D eigenvalue weighted by Crippen LogP contribution is 2.28. The molecule has 110 valence electrons. The number of fused-ring (bicyclic) bond motifs is 3. The number of hydrogen-bond donors (Lipinski definition) is 4. The largest absolute Gasteiger partial charge is 0.478 e. The van der Waals surface area contributed by atoms with E-state index in [-0.39, 0.29) is 33.4 Å². The fourth-order valence-electron chi connectivity index (χ4n) is 2.31. The van der Waals surface area contributed by atoms with Crippen LogP contribution in [0.15, 0.2) is 24.3 Å². The number of pyridine rings is 1. The van der Waals surface area contributed by atoms with Gasteiger partial charge in [-0.1, -0.05) is 6.07 Å². The van der Waals surface area contributed by atoms with Crippen molar-refractivity contribution in [1.29, 1.82) is 0 Å². The van der Waals surface area contributed by atoms with Crippen LogP contribution in [0.1, 0.15) is 31.3 Å². The Labute approximate surface area is 121 Å². The van der Waals surface area contributed by atoms with E-state index in [0.717, 1.165) is 6.07 Å². The van der Waals surface area contributed by atoms with E-state index < -0.39 is 17.9 Å². The number of benzene rings is 1. The van der Waals surface area contributed by atoms with Crippen LogP contribution in [-0.2, 0) is 0 Å². The lowest BCUT2D eigenvalue weighted by Gasteiger charge is -2.06. The molecule has 0 fully saturated rings. The number of hydrogen-bond acceptors (Lipinski definition) is 4. The van der Waals surface area contributed by atoms with E-state index in [1.165, 1.54) is 12.1 Å². The van der Waals surface area contributed by atoms with Crippen molar-refractivity contribution in [3.05, 3.63) is 41.2 Å². The lowest BCUT2D eigenvalue weighted by molar-refractivity contribution is 0.0678. The summed E-state index contributed by atoms with van der Waals surface area (Å²) in [5, 5.41) is 28.0. The minimum absolute atomic E-state index is 0.169. The van der Waals surface area contributed by atoms with Crippen LogP contribution in [0.5, 0.6) is 0 Å². The number of carbonyl (C=O) groups is 3. The Hall–Kier alpha value is -3.42. The smallest absolute Gasteiger partial charge is 0.354 e. The molecule has 0 saturated heterocycles. The van der Waals surface area contributed by atoms with Gasteiger partial charge in [0.15, 0.2) is 0 Å². The van der Waals surface area contributed by atoms with Crippen molar-refractivity contribution in [3.8, 4) is 0 Å². The number of carboxylic acids is 3. The van der Waals surface area contributed by atoms with Crippen LogP contribution in [0, 0.1) is 0 Å². The normalized spacial score (nSPS) is 10.9. The molecule has 4 N–H and O–H groups in total. The summed E-state index contributed by atoms with van der Waals surface area (Å²) in [6.07, 6.45) is 0. The molecular weight excluding hydrogens is 292 g/mol. The molecule has 22 heavy (non-hydrogen) atoms. The zero-order valence-electron chi connectivity index (χ0n) is 10.8. The highest BCUT2D eigenvalue weighted by molar-refractivity contribution is 6.16. The van der Waals surface area contributed by atoms with Gasteiger partial charge in [0.05, 0.1) is 11.1 Å². The van der Waals surface area contributed by atoms with Crippen molar-refractivity contribution >= 4 is 39.7 Å². The maximum Gasteiger partial charge on any atom is 0.354 e. The average Bonchev–Trinajstić information content (AvgIpc) is 2.90. The number of aromatic amines is 1. The Kier molecular flexibility index (Phi) is 2.81. The summed E-state index contributed by atoms with van der Waals surface area (Å²) in [6, 6.07) is 5.35. The third-order valence-corrected chi connectivity index (χ3v) is 3.24. The standard InChI is InChI=1S/C14H8N2O6/c17-12(18)6-4-9(14(21)22)15-7-2-1-5-3-8(13(19)20)16-11(5)10(6)7/h1-4,15H,(H,17,18)(H,19,20)(H,21,22). The Balaban J connectivity index is 2.48. The van der Waals surface area contributed by atoms with E-state index in [1.54, 1.807) is 6.07 Å². The van der Waals surface area contributed by atoms with Crippen molar-refractivity contribution in [3.63, 3.8) is 0 Å². The molecule has 0 aliphatic heterocycles. The molecule has 0 bridgehead atoms. The van der Waals surface area contributed by atoms with Gasteiger partial charge in [0.2, 0.25) is 0 Å². The quantitative estimate of drug-likeness (QED) is 0.578. The van der Waals surface area contributed by atoms with Crippen LogP contribution in [-0.4, -0.2) is 43.2 Å². The monoisotopic (exact) mass is 300 g/mol. The number of carboxylic acid groups (broad SMARTS) is 3. The van der Waals surface area contributed by atoms with Gasteiger partial charge >= 0.3 is 17.9 Å². The Morgan fingerprint density at radius 2 is 1.68 bits per heavy atom. The topological polar surface area (TPSA) is 141 Å². The minimum Gasteiger partial charge on any atom is -0.478 e. The molecule has 0 amide bonds. The predicted octanol–water partition coefficient (Wildman–Crippen LogP) is 1.81. The molecule has 2 heterocycles. The van der Waals surface area contributed by atoms with Gasteiger partial charge in [0.25, 0.3) is 0 Å². The highest BCUT2D eigenvalue weighted by atomic mass is 16.4. The van der Waals surface area contributed by atoms with Crippen LogP contribution in [0.25, 0.3) is 21.8 Å². The molecule has 1 aromatic carbocycles. The maximum atomic E-state index is 11.4. The first-order valence-electron chi connectivity index (χ1n) is 6.05. The van der Waals surface area contributed by atoms with Crippen LogP contribution < -0.4 is 0 Å². The number of aromatic nitrogens is 2. The Bertz CT molecular complexity index is 972. The number of nitrogens with one attached hydrogen (secondary N) is 1. The van der Waals surface area contributed by atoms with E-state index in [2.05, 4.69) is 9.97 Å². The second-order valence-corrected chi connectivity index (χ2v) is 4.58. The molecular formula is C14H8N2O6. The highest BCUT2D eigenvalue weighted by Gasteiger charge is 2.19. The Morgan fingerprint density at radius 1 is 0.955 bits per heavy atom. The first-order valence-corrected chi connectivity index (χ1v) is 6.05. The van der Waals surface area contributed by atoms with Crippen molar-refractivity contribution in [1.82, 2.24) is 9.97 Å². The molecule has 0 aliphatic rings. The molecule has 3 rings (SSSR count). The summed E-state index contributed by atoms with van der Waals surface area (Å²) in [5.74, 6) is -3.85. The first-order chi connectivity index (χ1) is 10.4. The van der Waals surface area contributed by atoms with Gasteiger partial charge in [-0.2, -0.15) is 0 Å². The zero-order chi connectivity index (χ0) is 16.0. The van der Waals surface area contributed by atoms with Gasteiger partial charge in [-0.05, 0) is 18.2 Å². The third kappa shape index (κ3) is 1.94. The van der Waals surface area contributed by atoms with Crippen LogP contribution in [0.2, 0.25) is 0 Å². The summed E-state index contributed by atoms with van der Waals surface area (Å²) in [4.78, 5) is 40.0. The van der Waals surface area contributed by atoms with Crippen LogP contribution >= 0.6 is 0 Å². The van der Waals surface area contributed by atoms with Crippen LogP contribution in [0.4, 0.5) is 0 Å². The van der Waals surface area contributed by atoms with Crippen molar-refractivity contribution in [2.75, 3.05) is 0 Å². The van der Waals surface area contributed by atoms with Gasteiger partial charge in [-0.15, -0.1) is 0 Å². The number of aromatic carboxylic acids is 3. The van der Waals surface area contributed by atoms with Crippen molar-refractivity contribution < 1.29 is 29.7 Å². The lowest BCUT2D eigenvalue weighted by Crippen LogP contribution is -2.06. The first kappa shape index (κ1) is 13.6. The molecule has 0 aliphatic carbocycles. The number of rotatable bonds is 3. The fraction of sp³-hybridized carbons (Fsp3) is 0. The molecule has 3 aromatic rings. The number of H-pyrrole nitrogens is 1. The molecule has 0 radical (unpaired) electrons. The van der Waals surface area contributed by atoms with Gasteiger partial charge in [-0.25, -0.2) is 19.4 Å². The van der Waals surface area contributed by atoms with Gasteiger partial charge < -0.3 is 20.3 Å². The van der Waals surface area contributed by atoms with Gasteiger partial charge in [-0.3, -0.25) is 0 Å². The molecule has 8 nitrogen and oxygen atoms in total. The predicted molar refractivity (Wildman–Crippen MR) is 74.5 cm³/mol. The second kappa shape index (κ2) is 4.55. The van der Waals surface area contributed by atoms with Crippen molar-refractivity contribution in [2.45, 2.75) is 0 Å². The van der Waals surface area contributed by atoms with E-state index in [0.29, 0.717) is 5.39 Å².